The quantitative estimate of drug-likeness (QED) is 0.410. The van der Waals surface area contributed by atoms with E-state index in [2.05, 4.69) is 24.1 Å². The number of anilines is 1. The highest BCUT2D eigenvalue weighted by atomic mass is 35.5. The van der Waals surface area contributed by atoms with Crippen LogP contribution in [0, 0.1) is 13.8 Å². The van der Waals surface area contributed by atoms with Crippen LogP contribution in [-0.2, 0) is 0 Å². The fourth-order valence-electron chi connectivity index (χ4n) is 2.88. The van der Waals surface area contributed by atoms with E-state index in [1.807, 2.05) is 18.2 Å². The van der Waals surface area contributed by atoms with Gasteiger partial charge in [-0.25, -0.2) is 4.98 Å². The van der Waals surface area contributed by atoms with Crippen LogP contribution in [0.3, 0.4) is 0 Å². The van der Waals surface area contributed by atoms with E-state index < -0.39 is 0 Å². The molecule has 0 unspecified atom stereocenters. The van der Waals surface area contributed by atoms with Crippen molar-refractivity contribution in [2.24, 2.45) is 0 Å². The van der Waals surface area contributed by atoms with Crippen molar-refractivity contribution >= 4 is 45.9 Å². The molecule has 1 aromatic heterocycles. The van der Waals surface area contributed by atoms with Gasteiger partial charge in [0.25, 0.3) is 5.91 Å². The summed E-state index contributed by atoms with van der Waals surface area (Å²) in [5.41, 5.74) is 5.50. The van der Waals surface area contributed by atoms with Crippen LogP contribution >= 0.6 is 23.2 Å². The zero-order chi connectivity index (χ0) is 19.8. The molecule has 0 aliphatic rings. The highest BCUT2D eigenvalue weighted by Gasteiger charge is 2.14. The molecule has 6 heteroatoms. The second kappa shape index (κ2) is 7.30. The summed E-state index contributed by atoms with van der Waals surface area (Å²) >= 11 is 12.1. The molecule has 0 fully saturated rings. The van der Waals surface area contributed by atoms with Gasteiger partial charge in [0, 0.05) is 11.3 Å². The van der Waals surface area contributed by atoms with Crippen LogP contribution in [-0.4, -0.2) is 10.9 Å². The molecule has 0 saturated heterocycles. The minimum atomic E-state index is -0.343. The zero-order valence-electron chi connectivity index (χ0n) is 15.2. The van der Waals surface area contributed by atoms with Crippen LogP contribution in [0.5, 0.6) is 0 Å². The Bertz CT molecular complexity index is 1210. The van der Waals surface area contributed by atoms with Crippen molar-refractivity contribution in [2.75, 3.05) is 5.32 Å². The molecular formula is C22H16Cl2N2O2. The summed E-state index contributed by atoms with van der Waals surface area (Å²) < 4.78 is 5.87. The Kier molecular flexibility index (Phi) is 4.84. The molecule has 4 nitrogen and oxygen atoms in total. The third kappa shape index (κ3) is 3.49. The maximum atomic E-state index is 12.5. The number of aromatic nitrogens is 1. The number of fused-ring (bicyclic) bond motifs is 1. The van der Waals surface area contributed by atoms with E-state index in [1.165, 1.54) is 11.1 Å². The van der Waals surface area contributed by atoms with E-state index in [1.54, 1.807) is 36.4 Å². The van der Waals surface area contributed by atoms with Crippen molar-refractivity contribution in [1.29, 1.82) is 0 Å². The lowest BCUT2D eigenvalue weighted by molar-refractivity contribution is 0.102. The van der Waals surface area contributed by atoms with Crippen molar-refractivity contribution in [2.45, 2.75) is 13.8 Å². The fraction of sp³-hybridized carbons (Fsp3) is 0.0909. The average Bonchev–Trinajstić information content (AvgIpc) is 3.09. The number of oxazole rings is 1. The van der Waals surface area contributed by atoms with Gasteiger partial charge in [0.2, 0.25) is 5.89 Å². The van der Waals surface area contributed by atoms with Crippen LogP contribution < -0.4 is 5.32 Å². The molecule has 0 aliphatic heterocycles. The molecular weight excluding hydrogens is 395 g/mol. The van der Waals surface area contributed by atoms with Gasteiger partial charge in [-0.05, 0) is 67.4 Å². The van der Waals surface area contributed by atoms with Gasteiger partial charge in [-0.15, -0.1) is 0 Å². The molecule has 1 heterocycles. The molecule has 4 rings (SSSR count). The van der Waals surface area contributed by atoms with Gasteiger partial charge in [0.15, 0.2) is 5.58 Å². The summed E-state index contributed by atoms with van der Waals surface area (Å²) in [6.07, 6.45) is 0. The van der Waals surface area contributed by atoms with Gasteiger partial charge >= 0.3 is 0 Å². The first kappa shape index (κ1) is 18.5. The summed E-state index contributed by atoms with van der Waals surface area (Å²) in [6.45, 7) is 4.11. The van der Waals surface area contributed by atoms with Crippen molar-refractivity contribution in [3.05, 3.63) is 81.3 Å². The molecule has 0 radical (unpaired) electrons. The molecule has 0 aliphatic carbocycles. The Hall–Kier alpha value is -2.82. The first-order valence-electron chi connectivity index (χ1n) is 8.66. The van der Waals surface area contributed by atoms with Crippen molar-refractivity contribution in [3.63, 3.8) is 0 Å². The molecule has 0 atom stereocenters. The van der Waals surface area contributed by atoms with E-state index in [9.17, 15) is 4.79 Å². The Morgan fingerprint density at radius 3 is 2.61 bits per heavy atom. The summed E-state index contributed by atoms with van der Waals surface area (Å²) in [6, 6.07) is 16.3. The second-order valence-corrected chi connectivity index (χ2v) is 7.34. The topological polar surface area (TPSA) is 55.1 Å². The molecule has 0 saturated carbocycles. The third-order valence-corrected chi connectivity index (χ3v) is 5.41. The summed E-state index contributed by atoms with van der Waals surface area (Å²) in [5.74, 6) is 0.198. The standard InChI is InChI=1S/C22H16Cl2N2O2/c1-12-6-7-14(10-13(12)2)22-26-18-11-15(8-9-19(18)28-22)25-21(27)16-4-3-5-17(23)20(16)24/h3-11H,1-2H3,(H,25,27). The summed E-state index contributed by atoms with van der Waals surface area (Å²) in [4.78, 5) is 17.1. The Labute approximate surface area is 172 Å². The zero-order valence-corrected chi connectivity index (χ0v) is 16.7. The van der Waals surface area contributed by atoms with Gasteiger partial charge < -0.3 is 9.73 Å². The van der Waals surface area contributed by atoms with Crippen LogP contribution in [0.1, 0.15) is 21.5 Å². The number of amides is 1. The van der Waals surface area contributed by atoms with Gasteiger partial charge in [0.1, 0.15) is 5.52 Å². The molecule has 4 aromatic rings. The predicted molar refractivity (Wildman–Crippen MR) is 113 cm³/mol. The minimum absolute atomic E-state index is 0.223. The largest absolute Gasteiger partial charge is 0.436 e. The van der Waals surface area contributed by atoms with Crippen molar-refractivity contribution in [3.8, 4) is 11.5 Å². The lowest BCUT2D eigenvalue weighted by Gasteiger charge is -2.07. The number of nitrogens with zero attached hydrogens (tertiary/aromatic N) is 1. The number of halogens is 2. The summed E-state index contributed by atoms with van der Waals surface area (Å²) in [5, 5.41) is 3.38. The molecule has 1 N–H and O–H groups in total. The third-order valence-electron chi connectivity index (χ3n) is 4.60. The number of benzene rings is 3. The van der Waals surface area contributed by atoms with E-state index in [0.717, 1.165) is 5.56 Å². The van der Waals surface area contributed by atoms with Crippen molar-refractivity contribution in [1.82, 2.24) is 4.98 Å². The molecule has 28 heavy (non-hydrogen) atoms. The molecule has 140 valence electrons. The highest BCUT2D eigenvalue weighted by molar-refractivity contribution is 6.44. The Morgan fingerprint density at radius 1 is 1.00 bits per heavy atom. The van der Waals surface area contributed by atoms with Gasteiger partial charge in [-0.1, -0.05) is 35.3 Å². The molecule has 0 bridgehead atoms. The maximum Gasteiger partial charge on any atom is 0.257 e. The van der Waals surface area contributed by atoms with Crippen LogP contribution in [0.15, 0.2) is 59.0 Å². The second-order valence-electron chi connectivity index (χ2n) is 6.56. The number of carbonyl (C=O) groups is 1. The Morgan fingerprint density at radius 2 is 1.82 bits per heavy atom. The number of rotatable bonds is 3. The monoisotopic (exact) mass is 410 g/mol. The SMILES string of the molecule is Cc1ccc(-c2nc3cc(NC(=O)c4cccc(Cl)c4Cl)ccc3o2)cc1C. The van der Waals surface area contributed by atoms with Crippen molar-refractivity contribution < 1.29 is 9.21 Å². The highest BCUT2D eigenvalue weighted by Crippen LogP contribution is 2.29. The Balaban J connectivity index is 1.64. The first-order chi connectivity index (χ1) is 13.4. The van der Waals surface area contributed by atoms with Crippen LogP contribution in [0.2, 0.25) is 10.0 Å². The van der Waals surface area contributed by atoms with E-state index in [-0.39, 0.29) is 10.9 Å². The predicted octanol–water partition coefficient (Wildman–Crippen LogP) is 6.67. The van der Waals surface area contributed by atoms with Gasteiger partial charge in [-0.2, -0.15) is 0 Å². The van der Waals surface area contributed by atoms with Crippen LogP contribution in [0.4, 0.5) is 5.69 Å². The number of carbonyl (C=O) groups excluding carboxylic acids is 1. The first-order valence-corrected chi connectivity index (χ1v) is 9.41. The van der Waals surface area contributed by atoms with E-state index in [4.69, 9.17) is 27.6 Å². The summed E-state index contributed by atoms with van der Waals surface area (Å²) in [7, 11) is 0. The smallest absolute Gasteiger partial charge is 0.257 e. The molecule has 0 spiro atoms. The van der Waals surface area contributed by atoms with E-state index >= 15 is 0 Å². The number of nitrogens with one attached hydrogen (secondary N) is 1. The molecule has 3 aromatic carbocycles. The lowest BCUT2D eigenvalue weighted by Crippen LogP contribution is -2.12. The average molecular weight is 411 g/mol. The minimum Gasteiger partial charge on any atom is -0.436 e. The van der Waals surface area contributed by atoms with Crippen LogP contribution in [0.25, 0.3) is 22.6 Å². The number of hydrogen-bond acceptors (Lipinski definition) is 3. The number of hydrogen-bond donors (Lipinski definition) is 1. The van der Waals surface area contributed by atoms with Gasteiger partial charge in [0.05, 0.1) is 15.6 Å². The maximum absolute atomic E-state index is 12.5. The number of aryl methyl sites for hydroxylation is 2. The molecule has 1 amide bonds. The van der Waals surface area contributed by atoms with Gasteiger partial charge in [-0.3, -0.25) is 4.79 Å². The lowest BCUT2D eigenvalue weighted by atomic mass is 10.1. The van der Waals surface area contributed by atoms with E-state index in [0.29, 0.717) is 33.3 Å². The fourth-order valence-corrected chi connectivity index (χ4v) is 3.27. The normalized spacial score (nSPS) is 11.0.